The van der Waals surface area contributed by atoms with Gasteiger partial charge in [-0.25, -0.2) is 0 Å². The Bertz CT molecular complexity index is 947. The van der Waals surface area contributed by atoms with Gasteiger partial charge in [0.1, 0.15) is 11.4 Å². The van der Waals surface area contributed by atoms with Crippen LogP contribution in [0.2, 0.25) is 0 Å². The van der Waals surface area contributed by atoms with Crippen LogP contribution in [0.4, 0.5) is 17.1 Å². The van der Waals surface area contributed by atoms with Crippen LogP contribution in [0, 0.1) is 24.0 Å². The molecule has 0 saturated heterocycles. The van der Waals surface area contributed by atoms with Crippen LogP contribution in [0.25, 0.3) is 11.1 Å². The van der Waals surface area contributed by atoms with Gasteiger partial charge in [-0.1, -0.05) is 36.4 Å². The molecule has 26 heavy (non-hydrogen) atoms. The number of para-hydroxylation sites is 2. The fourth-order valence-electron chi connectivity index (χ4n) is 3.11. The monoisotopic (exact) mass is 348 g/mol. The number of rotatable bonds is 5. The molecule has 3 aromatic carbocycles. The van der Waals surface area contributed by atoms with Crippen molar-refractivity contribution in [3.05, 3.63) is 81.9 Å². The summed E-state index contributed by atoms with van der Waals surface area (Å²) in [4.78, 5) is 10.9. The van der Waals surface area contributed by atoms with Crippen LogP contribution in [0.1, 0.15) is 11.1 Å². The normalized spacial score (nSPS) is 10.4. The summed E-state index contributed by atoms with van der Waals surface area (Å²) in [6.45, 7) is 4.14. The number of anilines is 2. The Labute approximate surface area is 152 Å². The molecular weight excluding hydrogens is 328 g/mol. The van der Waals surface area contributed by atoms with E-state index in [1.165, 1.54) is 17.2 Å². The van der Waals surface area contributed by atoms with Crippen LogP contribution in [0.3, 0.4) is 0 Å². The SMILES string of the molecule is COc1ccc(-c2c(C)cccc2C)cc1Nc1ccccc1[N+](=O)[O-]. The number of nitrogens with one attached hydrogen (secondary N) is 1. The van der Waals surface area contributed by atoms with E-state index in [0.29, 0.717) is 17.1 Å². The molecule has 0 atom stereocenters. The predicted octanol–water partition coefficient (Wildman–Crippen LogP) is 5.63. The van der Waals surface area contributed by atoms with Crippen molar-refractivity contribution < 1.29 is 9.66 Å². The standard InChI is InChI=1S/C21H20N2O3/c1-14-7-6-8-15(2)21(14)16-11-12-20(26-3)18(13-16)22-17-9-4-5-10-19(17)23(24)25/h4-13,22H,1-3H3. The smallest absolute Gasteiger partial charge is 0.292 e. The lowest BCUT2D eigenvalue weighted by atomic mass is 9.95. The van der Waals surface area contributed by atoms with E-state index in [1.807, 2.05) is 24.3 Å². The van der Waals surface area contributed by atoms with Crippen molar-refractivity contribution in [1.29, 1.82) is 0 Å². The Morgan fingerprint density at radius 2 is 1.62 bits per heavy atom. The van der Waals surface area contributed by atoms with E-state index in [2.05, 4.69) is 31.3 Å². The summed E-state index contributed by atoms with van der Waals surface area (Å²) >= 11 is 0. The second-order valence-electron chi connectivity index (χ2n) is 6.08. The van der Waals surface area contributed by atoms with Gasteiger partial charge in [-0.15, -0.1) is 0 Å². The topological polar surface area (TPSA) is 64.4 Å². The fourth-order valence-corrected chi connectivity index (χ4v) is 3.11. The highest BCUT2D eigenvalue weighted by molar-refractivity contribution is 5.80. The highest BCUT2D eigenvalue weighted by atomic mass is 16.6. The molecule has 0 aliphatic rings. The van der Waals surface area contributed by atoms with E-state index >= 15 is 0 Å². The quantitative estimate of drug-likeness (QED) is 0.479. The minimum Gasteiger partial charge on any atom is -0.495 e. The number of aryl methyl sites for hydroxylation is 2. The lowest BCUT2D eigenvalue weighted by molar-refractivity contribution is -0.383. The second kappa shape index (κ2) is 7.27. The third-order valence-electron chi connectivity index (χ3n) is 4.34. The number of nitro groups is 1. The third-order valence-corrected chi connectivity index (χ3v) is 4.34. The minimum atomic E-state index is -0.399. The molecule has 1 N–H and O–H groups in total. The molecule has 0 amide bonds. The van der Waals surface area contributed by atoms with E-state index in [0.717, 1.165) is 11.1 Å². The summed E-state index contributed by atoms with van der Waals surface area (Å²) in [7, 11) is 1.58. The van der Waals surface area contributed by atoms with E-state index in [4.69, 9.17) is 4.74 Å². The number of methoxy groups -OCH3 is 1. The van der Waals surface area contributed by atoms with E-state index < -0.39 is 4.92 Å². The van der Waals surface area contributed by atoms with Crippen molar-refractivity contribution in [2.45, 2.75) is 13.8 Å². The van der Waals surface area contributed by atoms with Crippen LogP contribution in [0.15, 0.2) is 60.7 Å². The van der Waals surface area contributed by atoms with Crippen LogP contribution in [0.5, 0.6) is 5.75 Å². The Hall–Kier alpha value is -3.34. The molecule has 3 aromatic rings. The molecule has 3 rings (SSSR count). The molecule has 0 aromatic heterocycles. The Morgan fingerprint density at radius 1 is 0.923 bits per heavy atom. The summed E-state index contributed by atoms with van der Waals surface area (Å²) in [6.07, 6.45) is 0. The predicted molar refractivity (Wildman–Crippen MR) is 104 cm³/mol. The zero-order valence-electron chi connectivity index (χ0n) is 14.9. The molecule has 0 aliphatic carbocycles. The summed E-state index contributed by atoms with van der Waals surface area (Å²) in [5.74, 6) is 0.623. The zero-order chi connectivity index (χ0) is 18.7. The lowest BCUT2D eigenvalue weighted by Crippen LogP contribution is -1.99. The maximum atomic E-state index is 11.3. The van der Waals surface area contributed by atoms with Gasteiger partial charge in [0.05, 0.1) is 17.7 Å². The number of hydrogen-bond acceptors (Lipinski definition) is 4. The van der Waals surface area contributed by atoms with Gasteiger partial charge in [0.2, 0.25) is 0 Å². The molecule has 0 saturated carbocycles. The van der Waals surface area contributed by atoms with Gasteiger partial charge in [-0.2, -0.15) is 0 Å². The summed E-state index contributed by atoms with van der Waals surface area (Å²) < 4.78 is 5.44. The minimum absolute atomic E-state index is 0.0204. The number of nitro benzene ring substituents is 1. The molecular formula is C21H20N2O3. The summed E-state index contributed by atoms with van der Waals surface area (Å²) in [5, 5.41) is 14.4. The van der Waals surface area contributed by atoms with Crippen molar-refractivity contribution in [3.63, 3.8) is 0 Å². The average Bonchev–Trinajstić information content (AvgIpc) is 2.62. The first-order valence-electron chi connectivity index (χ1n) is 8.26. The van der Waals surface area contributed by atoms with Crippen LogP contribution >= 0.6 is 0 Å². The van der Waals surface area contributed by atoms with Gasteiger partial charge in [0.15, 0.2) is 0 Å². The van der Waals surface area contributed by atoms with Gasteiger partial charge in [0.25, 0.3) is 5.69 Å². The number of benzene rings is 3. The van der Waals surface area contributed by atoms with Crippen LogP contribution in [-0.4, -0.2) is 12.0 Å². The lowest BCUT2D eigenvalue weighted by Gasteiger charge is -2.15. The molecule has 0 bridgehead atoms. The molecule has 0 spiro atoms. The van der Waals surface area contributed by atoms with Crippen LogP contribution < -0.4 is 10.1 Å². The summed E-state index contributed by atoms with van der Waals surface area (Å²) in [6, 6.07) is 18.6. The van der Waals surface area contributed by atoms with Gasteiger partial charge >= 0.3 is 0 Å². The largest absolute Gasteiger partial charge is 0.495 e. The first-order chi connectivity index (χ1) is 12.5. The van der Waals surface area contributed by atoms with Gasteiger partial charge in [-0.3, -0.25) is 10.1 Å². The average molecular weight is 348 g/mol. The van der Waals surface area contributed by atoms with Crippen molar-refractivity contribution in [2.75, 3.05) is 12.4 Å². The fraction of sp³-hybridized carbons (Fsp3) is 0.143. The summed E-state index contributed by atoms with van der Waals surface area (Å²) in [5.41, 5.74) is 5.66. The Balaban J connectivity index is 2.09. The third kappa shape index (κ3) is 3.37. The molecule has 0 unspecified atom stereocenters. The molecule has 132 valence electrons. The maximum absolute atomic E-state index is 11.3. The second-order valence-corrected chi connectivity index (χ2v) is 6.08. The first-order valence-corrected chi connectivity index (χ1v) is 8.26. The Morgan fingerprint density at radius 3 is 2.27 bits per heavy atom. The number of nitrogens with zero attached hydrogens (tertiary/aromatic N) is 1. The van der Waals surface area contributed by atoms with Gasteiger partial charge in [-0.05, 0) is 54.3 Å². The number of hydrogen-bond donors (Lipinski definition) is 1. The van der Waals surface area contributed by atoms with Crippen molar-refractivity contribution in [1.82, 2.24) is 0 Å². The molecule has 0 fully saturated rings. The molecule has 0 heterocycles. The Kier molecular flexibility index (Phi) is 4.89. The maximum Gasteiger partial charge on any atom is 0.292 e. The van der Waals surface area contributed by atoms with Crippen LogP contribution in [-0.2, 0) is 0 Å². The molecule has 0 radical (unpaired) electrons. The van der Waals surface area contributed by atoms with Gasteiger partial charge < -0.3 is 10.1 Å². The van der Waals surface area contributed by atoms with Crippen molar-refractivity contribution in [2.24, 2.45) is 0 Å². The van der Waals surface area contributed by atoms with E-state index in [1.54, 1.807) is 25.3 Å². The van der Waals surface area contributed by atoms with E-state index in [9.17, 15) is 10.1 Å². The zero-order valence-corrected chi connectivity index (χ0v) is 14.9. The molecule has 0 aliphatic heterocycles. The van der Waals surface area contributed by atoms with Crippen molar-refractivity contribution >= 4 is 17.1 Å². The molecule has 5 heteroatoms. The highest BCUT2D eigenvalue weighted by Gasteiger charge is 2.15. The number of ether oxygens (including phenoxy) is 1. The highest BCUT2D eigenvalue weighted by Crippen LogP contribution is 2.37. The first kappa shape index (κ1) is 17.5. The van der Waals surface area contributed by atoms with Gasteiger partial charge in [0, 0.05) is 6.07 Å². The van der Waals surface area contributed by atoms with E-state index in [-0.39, 0.29) is 5.69 Å². The molecule has 5 nitrogen and oxygen atoms in total. The van der Waals surface area contributed by atoms with Crippen molar-refractivity contribution in [3.8, 4) is 16.9 Å².